The molecule has 0 aromatic heterocycles. The fourth-order valence-electron chi connectivity index (χ4n) is 1.85. The highest BCUT2D eigenvalue weighted by Crippen LogP contribution is 2.27. The summed E-state index contributed by atoms with van der Waals surface area (Å²) in [4.78, 5) is 0. The summed E-state index contributed by atoms with van der Waals surface area (Å²) in [5.41, 5.74) is 2.19. The van der Waals surface area contributed by atoms with Gasteiger partial charge in [0.2, 0.25) is 0 Å². The lowest BCUT2D eigenvalue weighted by molar-refractivity contribution is 0.414. The van der Waals surface area contributed by atoms with Gasteiger partial charge in [-0.05, 0) is 36.8 Å². The van der Waals surface area contributed by atoms with Crippen LogP contribution in [0.5, 0.6) is 5.75 Å². The van der Waals surface area contributed by atoms with Crippen molar-refractivity contribution in [3.05, 3.63) is 57.5 Å². The third kappa shape index (κ3) is 3.88. The molecule has 19 heavy (non-hydrogen) atoms. The van der Waals surface area contributed by atoms with E-state index in [-0.39, 0.29) is 6.04 Å². The van der Waals surface area contributed by atoms with Crippen molar-refractivity contribution in [1.29, 1.82) is 0 Å². The minimum atomic E-state index is 0.191. The van der Waals surface area contributed by atoms with Gasteiger partial charge in [0.25, 0.3) is 0 Å². The quantitative estimate of drug-likeness (QED) is 0.817. The highest BCUT2D eigenvalue weighted by Gasteiger charge is 2.07. The van der Waals surface area contributed by atoms with Gasteiger partial charge in [-0.3, -0.25) is 0 Å². The van der Waals surface area contributed by atoms with E-state index in [1.165, 1.54) is 5.56 Å². The van der Waals surface area contributed by atoms with Gasteiger partial charge in [0.05, 0.1) is 7.11 Å². The molecule has 0 aliphatic carbocycles. The average molecular weight is 341 g/mol. The van der Waals surface area contributed by atoms with Crippen molar-refractivity contribution in [1.82, 2.24) is 0 Å². The van der Waals surface area contributed by atoms with Gasteiger partial charge in [-0.2, -0.15) is 0 Å². The van der Waals surface area contributed by atoms with Gasteiger partial charge in [-0.25, -0.2) is 0 Å². The fourth-order valence-corrected chi connectivity index (χ4v) is 2.45. The van der Waals surface area contributed by atoms with Crippen LogP contribution in [0, 0.1) is 0 Å². The Bertz CT molecular complexity index is 557. The molecule has 0 radical (unpaired) electrons. The first-order valence-electron chi connectivity index (χ1n) is 5.95. The highest BCUT2D eigenvalue weighted by atomic mass is 79.9. The number of rotatable bonds is 4. The Labute approximate surface area is 126 Å². The highest BCUT2D eigenvalue weighted by molar-refractivity contribution is 9.10. The van der Waals surface area contributed by atoms with E-state index in [4.69, 9.17) is 16.3 Å². The van der Waals surface area contributed by atoms with Gasteiger partial charge in [0, 0.05) is 27.3 Å². The maximum Gasteiger partial charge on any atom is 0.122 e. The molecule has 0 saturated heterocycles. The van der Waals surface area contributed by atoms with Gasteiger partial charge < -0.3 is 10.1 Å². The van der Waals surface area contributed by atoms with E-state index in [0.717, 1.165) is 20.9 Å². The lowest BCUT2D eigenvalue weighted by Crippen LogP contribution is -2.06. The zero-order valence-electron chi connectivity index (χ0n) is 10.8. The van der Waals surface area contributed by atoms with E-state index in [2.05, 4.69) is 28.2 Å². The zero-order valence-corrected chi connectivity index (χ0v) is 13.1. The number of hydrogen-bond acceptors (Lipinski definition) is 2. The van der Waals surface area contributed by atoms with Crippen LogP contribution in [0.25, 0.3) is 0 Å². The molecule has 1 atom stereocenters. The standard InChI is InChI=1S/C15H15BrClNO/c1-10(11-3-5-13(17)6-4-11)18-14-7-12(16)8-15(9-14)19-2/h3-10,18H,1-2H3. The molecule has 100 valence electrons. The maximum atomic E-state index is 5.89. The van der Waals surface area contributed by atoms with Crippen molar-refractivity contribution in [2.24, 2.45) is 0 Å². The minimum Gasteiger partial charge on any atom is -0.497 e. The summed E-state index contributed by atoms with van der Waals surface area (Å²) in [6.45, 7) is 2.11. The lowest BCUT2D eigenvalue weighted by Gasteiger charge is -2.16. The Hall–Kier alpha value is -1.19. The number of anilines is 1. The average Bonchev–Trinajstić information content (AvgIpc) is 2.38. The van der Waals surface area contributed by atoms with Gasteiger partial charge in [-0.1, -0.05) is 39.7 Å². The van der Waals surface area contributed by atoms with Crippen LogP contribution in [-0.4, -0.2) is 7.11 Å². The monoisotopic (exact) mass is 339 g/mol. The summed E-state index contributed by atoms with van der Waals surface area (Å²) in [6.07, 6.45) is 0. The largest absolute Gasteiger partial charge is 0.497 e. The summed E-state index contributed by atoms with van der Waals surface area (Å²) in [5.74, 6) is 0.820. The Morgan fingerprint density at radius 1 is 1.16 bits per heavy atom. The molecule has 2 nitrogen and oxygen atoms in total. The van der Waals surface area contributed by atoms with Crippen LogP contribution in [-0.2, 0) is 0 Å². The van der Waals surface area contributed by atoms with Crippen molar-refractivity contribution >= 4 is 33.2 Å². The van der Waals surface area contributed by atoms with E-state index in [0.29, 0.717) is 0 Å². The van der Waals surface area contributed by atoms with Gasteiger partial charge in [0.15, 0.2) is 0 Å². The van der Waals surface area contributed by atoms with E-state index < -0.39 is 0 Å². The number of hydrogen-bond donors (Lipinski definition) is 1. The van der Waals surface area contributed by atoms with Crippen molar-refractivity contribution in [3.8, 4) is 5.75 Å². The second-order valence-electron chi connectivity index (χ2n) is 4.30. The Balaban J connectivity index is 2.16. The van der Waals surface area contributed by atoms with E-state index in [1.54, 1.807) is 7.11 Å². The molecular formula is C15H15BrClNO. The molecule has 0 aliphatic rings. The van der Waals surface area contributed by atoms with Crippen LogP contribution in [0.2, 0.25) is 5.02 Å². The van der Waals surface area contributed by atoms with Crippen molar-refractivity contribution in [3.63, 3.8) is 0 Å². The van der Waals surface area contributed by atoms with Crippen LogP contribution in [0.15, 0.2) is 46.9 Å². The molecule has 0 bridgehead atoms. The first kappa shape index (κ1) is 14.2. The predicted octanol–water partition coefficient (Wildman–Crippen LogP) is 5.28. The maximum absolute atomic E-state index is 5.89. The molecule has 0 spiro atoms. The zero-order chi connectivity index (χ0) is 13.8. The van der Waals surface area contributed by atoms with Crippen LogP contribution in [0.4, 0.5) is 5.69 Å². The van der Waals surface area contributed by atoms with Crippen LogP contribution < -0.4 is 10.1 Å². The smallest absolute Gasteiger partial charge is 0.122 e. The second-order valence-corrected chi connectivity index (χ2v) is 5.65. The molecule has 0 heterocycles. The van der Waals surface area contributed by atoms with E-state index >= 15 is 0 Å². The number of halogens is 2. The van der Waals surface area contributed by atoms with E-state index in [9.17, 15) is 0 Å². The van der Waals surface area contributed by atoms with Crippen LogP contribution >= 0.6 is 27.5 Å². The molecule has 4 heteroatoms. The molecule has 1 N–H and O–H groups in total. The molecular weight excluding hydrogens is 326 g/mol. The molecule has 2 aromatic carbocycles. The first-order valence-corrected chi connectivity index (χ1v) is 7.12. The van der Waals surface area contributed by atoms with Crippen molar-refractivity contribution in [2.45, 2.75) is 13.0 Å². The summed E-state index contributed by atoms with van der Waals surface area (Å²) in [5, 5.41) is 4.19. The molecule has 1 unspecified atom stereocenters. The Morgan fingerprint density at radius 2 is 1.84 bits per heavy atom. The van der Waals surface area contributed by atoms with Gasteiger partial charge in [-0.15, -0.1) is 0 Å². The molecule has 0 aliphatic heterocycles. The van der Waals surface area contributed by atoms with E-state index in [1.807, 2.05) is 42.5 Å². The third-order valence-electron chi connectivity index (χ3n) is 2.86. The van der Waals surface area contributed by atoms with Crippen LogP contribution in [0.1, 0.15) is 18.5 Å². The van der Waals surface area contributed by atoms with Crippen LogP contribution in [0.3, 0.4) is 0 Å². The topological polar surface area (TPSA) is 21.3 Å². The second kappa shape index (κ2) is 6.31. The molecule has 2 aromatic rings. The Kier molecular flexibility index (Phi) is 4.72. The normalized spacial score (nSPS) is 12.0. The van der Waals surface area contributed by atoms with Gasteiger partial charge >= 0.3 is 0 Å². The fraction of sp³-hybridized carbons (Fsp3) is 0.200. The number of nitrogens with one attached hydrogen (secondary N) is 1. The van der Waals surface area contributed by atoms with Gasteiger partial charge in [0.1, 0.15) is 5.75 Å². The number of methoxy groups -OCH3 is 1. The molecule has 2 rings (SSSR count). The lowest BCUT2D eigenvalue weighted by atomic mass is 10.1. The van der Waals surface area contributed by atoms with Crippen molar-refractivity contribution < 1.29 is 4.74 Å². The summed E-state index contributed by atoms with van der Waals surface area (Å²) >= 11 is 9.37. The molecule has 0 fully saturated rings. The summed E-state index contributed by atoms with van der Waals surface area (Å²) < 4.78 is 6.24. The SMILES string of the molecule is COc1cc(Br)cc(NC(C)c2ccc(Cl)cc2)c1. The number of ether oxygens (including phenoxy) is 1. The first-order chi connectivity index (χ1) is 9.08. The van der Waals surface area contributed by atoms with Crippen molar-refractivity contribution in [2.75, 3.05) is 12.4 Å². The summed E-state index contributed by atoms with van der Waals surface area (Å²) in [6, 6.07) is 14.0. The predicted molar refractivity (Wildman–Crippen MR) is 84.2 cm³/mol. The Morgan fingerprint density at radius 3 is 2.47 bits per heavy atom. The molecule has 0 amide bonds. The third-order valence-corrected chi connectivity index (χ3v) is 3.57. The summed E-state index contributed by atoms with van der Waals surface area (Å²) in [7, 11) is 1.66. The number of benzene rings is 2. The molecule has 0 saturated carbocycles. The minimum absolute atomic E-state index is 0.191.